The van der Waals surface area contributed by atoms with Gasteiger partial charge in [0.25, 0.3) is 11.8 Å². The first-order valence-electron chi connectivity index (χ1n) is 15.6. The Labute approximate surface area is 280 Å². The molecule has 2 aliphatic rings. The van der Waals surface area contributed by atoms with E-state index in [4.69, 9.17) is 14.0 Å². The van der Waals surface area contributed by atoms with Crippen molar-refractivity contribution in [3.63, 3.8) is 0 Å². The summed E-state index contributed by atoms with van der Waals surface area (Å²) in [6, 6.07) is 6.74. The smallest absolute Gasteiger partial charge is 0.410 e. The molecule has 1 aliphatic heterocycles. The normalized spacial score (nSPS) is 15.1. The average Bonchev–Trinajstić information content (AvgIpc) is 3.75. The molecule has 0 atom stereocenters. The van der Waals surface area contributed by atoms with Crippen molar-refractivity contribution in [2.75, 3.05) is 37.4 Å². The molecule has 1 aromatic carbocycles. The second-order valence-electron chi connectivity index (χ2n) is 13.7. The lowest BCUT2D eigenvalue weighted by Gasteiger charge is -2.34. The fourth-order valence-electron chi connectivity index (χ4n) is 4.81. The summed E-state index contributed by atoms with van der Waals surface area (Å²) in [5.74, 6) is -0.00928. The molecule has 19 heteroatoms. The van der Waals surface area contributed by atoms with Gasteiger partial charge in [0.2, 0.25) is 11.8 Å². The van der Waals surface area contributed by atoms with Crippen LogP contribution < -0.4 is 20.7 Å². The third-order valence-electron chi connectivity index (χ3n) is 7.19. The van der Waals surface area contributed by atoms with Crippen molar-refractivity contribution < 1.29 is 33.2 Å². The van der Waals surface area contributed by atoms with E-state index in [1.54, 1.807) is 49.9 Å². The van der Waals surface area contributed by atoms with Crippen LogP contribution in [0.4, 0.5) is 22.0 Å². The van der Waals surface area contributed by atoms with Gasteiger partial charge in [-0.3, -0.25) is 19.3 Å². The second-order valence-corrected chi connectivity index (χ2v) is 13.7. The molecule has 0 unspecified atom stereocenters. The van der Waals surface area contributed by atoms with Crippen molar-refractivity contribution in [2.24, 2.45) is 5.92 Å². The summed E-state index contributed by atoms with van der Waals surface area (Å²) >= 11 is 0. The summed E-state index contributed by atoms with van der Waals surface area (Å²) in [4.78, 5) is 58.3. The molecule has 3 heterocycles. The molecule has 3 N–H and O–H groups in total. The number of nitrogens with zero attached hydrogens (tertiary/aromatic N) is 6. The molecule has 5 rings (SSSR count). The minimum Gasteiger partial charge on any atom is -0.494 e. The van der Waals surface area contributed by atoms with Crippen LogP contribution in [0.15, 0.2) is 28.8 Å². The van der Waals surface area contributed by atoms with Crippen molar-refractivity contribution >= 4 is 64.5 Å². The van der Waals surface area contributed by atoms with E-state index in [1.807, 2.05) is 23.5 Å². The average molecular weight is 657 g/mol. The van der Waals surface area contributed by atoms with E-state index in [0.717, 1.165) is 12.8 Å². The number of amides is 4. The molecule has 1 saturated heterocycles. The highest BCUT2D eigenvalue weighted by molar-refractivity contribution is 6.60. The van der Waals surface area contributed by atoms with Crippen LogP contribution in [0.2, 0.25) is 0 Å². The van der Waals surface area contributed by atoms with Crippen LogP contribution in [0.5, 0.6) is 5.75 Å². The Bertz CT molecular complexity index is 1720. The van der Waals surface area contributed by atoms with Gasteiger partial charge < -0.3 is 34.8 Å². The lowest BCUT2D eigenvalue weighted by atomic mass is 9.49. The molecular formula is C29H38B3N9O7. The van der Waals surface area contributed by atoms with E-state index in [1.165, 1.54) is 12.0 Å². The van der Waals surface area contributed by atoms with E-state index >= 15 is 0 Å². The number of carbonyl (C=O) groups excluding carboxylic acids is 4. The number of piperazine rings is 1. The van der Waals surface area contributed by atoms with E-state index < -0.39 is 22.8 Å². The summed E-state index contributed by atoms with van der Waals surface area (Å²) in [5, 5.41) is 20.6. The number of ether oxygens (including phenoxy) is 2. The summed E-state index contributed by atoms with van der Waals surface area (Å²) in [6.45, 7) is 5.85. The van der Waals surface area contributed by atoms with Gasteiger partial charge in [-0.15, -0.1) is 10.2 Å². The van der Waals surface area contributed by atoms with Crippen molar-refractivity contribution in [3.8, 4) is 17.2 Å². The largest absolute Gasteiger partial charge is 0.494 e. The zero-order valence-corrected chi connectivity index (χ0v) is 28.2. The summed E-state index contributed by atoms with van der Waals surface area (Å²) < 4.78 is 16.7. The Morgan fingerprint density at radius 2 is 1.83 bits per heavy atom. The van der Waals surface area contributed by atoms with Crippen LogP contribution in [-0.2, 0) is 20.9 Å². The SMILES string of the molecule is BC(B)(B)NC(=O)c1nnc(NC(=O)C2CC2)cc1Nc1cccc(-c2nc(CN3CCN(C(=O)OC(C)(C)C)CC3=O)no2)c1OC. The summed E-state index contributed by atoms with van der Waals surface area (Å²) in [5.41, 5.74) is 0.523. The van der Waals surface area contributed by atoms with Crippen molar-refractivity contribution in [1.29, 1.82) is 0 Å². The molecule has 2 aromatic heterocycles. The maximum absolute atomic E-state index is 13.2. The van der Waals surface area contributed by atoms with Gasteiger partial charge in [-0.05, 0) is 51.0 Å². The first-order chi connectivity index (χ1) is 22.6. The highest BCUT2D eigenvalue weighted by atomic mass is 16.6. The number of carbonyl (C=O) groups is 4. The number of methoxy groups -OCH3 is 1. The lowest BCUT2D eigenvalue weighted by molar-refractivity contribution is -0.136. The molecule has 2 fully saturated rings. The fourth-order valence-corrected chi connectivity index (χ4v) is 4.81. The van der Waals surface area contributed by atoms with E-state index in [-0.39, 0.29) is 66.3 Å². The van der Waals surface area contributed by atoms with Crippen LogP contribution in [0.1, 0.15) is 49.9 Å². The molecule has 3 aromatic rings. The lowest BCUT2D eigenvalue weighted by Crippen LogP contribution is -2.52. The third-order valence-corrected chi connectivity index (χ3v) is 7.19. The topological polar surface area (TPSA) is 194 Å². The highest BCUT2D eigenvalue weighted by Crippen LogP contribution is 2.38. The van der Waals surface area contributed by atoms with Crippen molar-refractivity contribution in [2.45, 2.75) is 51.0 Å². The van der Waals surface area contributed by atoms with Gasteiger partial charge >= 0.3 is 6.09 Å². The minimum atomic E-state index is -0.666. The molecule has 1 aliphatic carbocycles. The van der Waals surface area contributed by atoms with Gasteiger partial charge in [-0.2, -0.15) is 4.98 Å². The molecule has 48 heavy (non-hydrogen) atoms. The number of anilines is 3. The number of benzene rings is 1. The Morgan fingerprint density at radius 3 is 2.48 bits per heavy atom. The molecule has 0 radical (unpaired) electrons. The summed E-state index contributed by atoms with van der Waals surface area (Å²) in [7, 11) is 7.02. The standard InChI is InChI=1S/C29H38B3N9O7/c1-28(2,3)47-27(45)41-11-10-40(21(42)14-41)13-20-35-26(48-39-20)16-6-5-7-17(23(16)46-4)33-18-12-19(34-24(43)15-8-9-15)37-38-22(18)25(44)36-29(30,31)32/h5-7,12,15H,8-11,13-14,30-32H2,1-4H3,(H,36,44)(H2,33,34,37,43). The number of aromatic nitrogens is 4. The maximum Gasteiger partial charge on any atom is 0.410 e. The van der Waals surface area contributed by atoms with Gasteiger partial charge in [0.05, 0.1) is 30.6 Å². The number of para-hydroxylation sites is 1. The molecule has 0 bridgehead atoms. The predicted octanol–water partition coefficient (Wildman–Crippen LogP) is -0.553. The van der Waals surface area contributed by atoms with Gasteiger partial charge in [0.1, 0.15) is 35.7 Å². The zero-order valence-electron chi connectivity index (χ0n) is 28.2. The van der Waals surface area contributed by atoms with Crippen LogP contribution in [0.25, 0.3) is 11.5 Å². The monoisotopic (exact) mass is 657 g/mol. The number of hydrogen-bond donors (Lipinski definition) is 3. The Kier molecular flexibility index (Phi) is 9.68. The summed E-state index contributed by atoms with van der Waals surface area (Å²) in [6.07, 6.45) is 1.10. The predicted molar refractivity (Wildman–Crippen MR) is 182 cm³/mol. The second kappa shape index (κ2) is 13.6. The van der Waals surface area contributed by atoms with Crippen LogP contribution in [-0.4, -0.2) is 115 Å². The first-order valence-corrected chi connectivity index (χ1v) is 15.6. The maximum atomic E-state index is 13.2. The van der Waals surface area contributed by atoms with Gasteiger partial charge in [-0.25, -0.2) is 4.79 Å². The number of nitrogens with one attached hydrogen (secondary N) is 3. The van der Waals surface area contributed by atoms with E-state index in [2.05, 4.69) is 36.3 Å². The van der Waals surface area contributed by atoms with Crippen LogP contribution >= 0.6 is 0 Å². The van der Waals surface area contributed by atoms with Crippen LogP contribution in [0.3, 0.4) is 0 Å². The Balaban J connectivity index is 1.35. The molecule has 16 nitrogen and oxygen atoms in total. The number of rotatable bonds is 10. The molecule has 1 saturated carbocycles. The zero-order chi connectivity index (χ0) is 34.8. The van der Waals surface area contributed by atoms with E-state index in [9.17, 15) is 19.2 Å². The van der Waals surface area contributed by atoms with Gasteiger partial charge in [0, 0.05) is 25.1 Å². The third kappa shape index (κ3) is 8.63. The Morgan fingerprint density at radius 1 is 1.08 bits per heavy atom. The molecule has 250 valence electrons. The molecular weight excluding hydrogens is 619 g/mol. The Hall–Kier alpha value is -5.09. The molecule has 0 spiro atoms. The van der Waals surface area contributed by atoms with E-state index in [0.29, 0.717) is 23.5 Å². The highest BCUT2D eigenvalue weighted by Gasteiger charge is 2.32. The fraction of sp³-hybridized carbons (Fsp3) is 0.448. The molecule has 4 amide bonds. The minimum absolute atomic E-state index is 0.0123. The van der Waals surface area contributed by atoms with Gasteiger partial charge in [-0.1, -0.05) is 11.2 Å². The first kappa shape index (κ1) is 34.3. The van der Waals surface area contributed by atoms with Crippen molar-refractivity contribution in [3.05, 3.63) is 35.8 Å². The van der Waals surface area contributed by atoms with Crippen LogP contribution in [0, 0.1) is 5.92 Å². The van der Waals surface area contributed by atoms with Gasteiger partial charge in [0.15, 0.2) is 23.1 Å². The number of hydrogen-bond acceptors (Lipinski definition) is 12. The quantitative estimate of drug-likeness (QED) is 0.236. The van der Waals surface area contributed by atoms with Crippen molar-refractivity contribution in [1.82, 2.24) is 35.5 Å².